The van der Waals surface area contributed by atoms with Gasteiger partial charge in [-0.1, -0.05) is 22.6 Å². The van der Waals surface area contributed by atoms with Crippen LogP contribution in [0.2, 0.25) is 0 Å². The molecule has 1 aromatic carbocycles. The molecule has 0 saturated heterocycles. The number of hydrogen-bond donors (Lipinski definition) is 2. The van der Waals surface area contributed by atoms with Gasteiger partial charge in [0.1, 0.15) is 17.7 Å². The largest absolute Gasteiger partial charge is 0.573 e. The van der Waals surface area contributed by atoms with Gasteiger partial charge in [0.2, 0.25) is 0 Å². The highest BCUT2D eigenvalue weighted by atomic mass is 19.4. The average Bonchev–Trinajstić information content (AvgIpc) is 3.59. The van der Waals surface area contributed by atoms with Crippen LogP contribution in [0.3, 0.4) is 0 Å². The summed E-state index contributed by atoms with van der Waals surface area (Å²) in [6.45, 7) is -0.401. The molecule has 41 heavy (non-hydrogen) atoms. The molecule has 0 spiro atoms. The van der Waals surface area contributed by atoms with Gasteiger partial charge in [-0.15, -0.1) is 23.4 Å². The van der Waals surface area contributed by atoms with E-state index in [0.717, 1.165) is 16.8 Å². The van der Waals surface area contributed by atoms with Crippen molar-refractivity contribution in [3.05, 3.63) is 83.5 Å². The number of amides is 2. The number of hydrogen-bond acceptors (Lipinski definition) is 8. The van der Waals surface area contributed by atoms with Crippen LogP contribution in [0.4, 0.5) is 22.0 Å². The molecule has 0 radical (unpaired) electrons. The van der Waals surface area contributed by atoms with Crippen molar-refractivity contribution < 1.29 is 36.3 Å². The first-order valence-electron chi connectivity index (χ1n) is 12.0. The standard InChI is InChI=1S/C24H22F5N9O3/c25-16(6-8-37-13-20(33-35-37)23(40)32-11-19-18(26)5-2-7-30-19)12-38-14-21(34-36-38)22(39)31-10-15-3-1-4-17(9-15)41-24(27,28)29/h1-5,7,9,13-14,16H,6,8,10-12H2,(H,31,39)(H,32,40). The third kappa shape index (κ3) is 8.77. The van der Waals surface area contributed by atoms with E-state index in [1.165, 1.54) is 47.5 Å². The molecular formula is C24H22F5N9O3. The van der Waals surface area contributed by atoms with E-state index in [-0.39, 0.29) is 49.7 Å². The Balaban J connectivity index is 1.20. The van der Waals surface area contributed by atoms with Crippen LogP contribution in [0, 0.1) is 5.82 Å². The van der Waals surface area contributed by atoms with Crippen molar-refractivity contribution in [1.82, 2.24) is 45.6 Å². The average molecular weight is 579 g/mol. The highest BCUT2D eigenvalue weighted by Crippen LogP contribution is 2.23. The molecule has 0 aliphatic heterocycles. The summed E-state index contributed by atoms with van der Waals surface area (Å²) in [6, 6.07) is 7.76. The summed E-state index contributed by atoms with van der Waals surface area (Å²) < 4.78 is 71.6. The maximum absolute atomic E-state index is 14.6. The number of nitrogens with one attached hydrogen (secondary N) is 2. The zero-order valence-corrected chi connectivity index (χ0v) is 21.1. The Bertz CT molecular complexity index is 1490. The Morgan fingerprint density at radius 2 is 1.63 bits per heavy atom. The van der Waals surface area contributed by atoms with Crippen molar-refractivity contribution in [3.63, 3.8) is 0 Å². The molecule has 12 nitrogen and oxygen atoms in total. The molecule has 3 aromatic heterocycles. The van der Waals surface area contributed by atoms with Crippen LogP contribution in [0.25, 0.3) is 0 Å². The van der Waals surface area contributed by atoms with Gasteiger partial charge in [-0.05, 0) is 29.8 Å². The topological polar surface area (TPSA) is 142 Å². The van der Waals surface area contributed by atoms with E-state index in [1.807, 2.05) is 0 Å². The quantitative estimate of drug-likeness (QED) is 0.244. The molecule has 216 valence electrons. The van der Waals surface area contributed by atoms with Gasteiger partial charge in [0.05, 0.1) is 31.2 Å². The summed E-state index contributed by atoms with van der Waals surface area (Å²) in [6.07, 6.45) is -2.34. The number of carbonyl (C=O) groups is 2. The summed E-state index contributed by atoms with van der Waals surface area (Å²) in [7, 11) is 0. The summed E-state index contributed by atoms with van der Waals surface area (Å²) in [4.78, 5) is 28.4. The number of benzene rings is 1. The third-order valence-electron chi connectivity index (χ3n) is 5.44. The molecule has 0 aliphatic rings. The van der Waals surface area contributed by atoms with E-state index in [2.05, 4.69) is 41.0 Å². The van der Waals surface area contributed by atoms with E-state index in [1.54, 1.807) is 0 Å². The molecule has 0 bridgehead atoms. The second-order valence-electron chi connectivity index (χ2n) is 8.57. The summed E-state index contributed by atoms with van der Waals surface area (Å²) >= 11 is 0. The van der Waals surface area contributed by atoms with Gasteiger partial charge < -0.3 is 15.4 Å². The van der Waals surface area contributed by atoms with Gasteiger partial charge in [0.25, 0.3) is 11.8 Å². The van der Waals surface area contributed by atoms with Gasteiger partial charge >= 0.3 is 6.36 Å². The summed E-state index contributed by atoms with van der Waals surface area (Å²) in [5.74, 6) is -2.25. The molecule has 4 aromatic rings. The van der Waals surface area contributed by atoms with Crippen molar-refractivity contribution >= 4 is 11.8 Å². The molecule has 2 amide bonds. The van der Waals surface area contributed by atoms with Gasteiger partial charge in [0, 0.05) is 25.7 Å². The third-order valence-corrected chi connectivity index (χ3v) is 5.44. The molecule has 0 fully saturated rings. The van der Waals surface area contributed by atoms with Crippen LogP contribution < -0.4 is 15.4 Å². The number of rotatable bonds is 12. The van der Waals surface area contributed by atoms with Gasteiger partial charge in [0.15, 0.2) is 11.4 Å². The van der Waals surface area contributed by atoms with Crippen LogP contribution >= 0.6 is 0 Å². The molecular weight excluding hydrogens is 557 g/mol. The summed E-state index contributed by atoms with van der Waals surface area (Å²) in [5, 5.41) is 19.9. The Morgan fingerprint density at radius 3 is 2.34 bits per heavy atom. The zero-order chi connectivity index (χ0) is 29.4. The first kappa shape index (κ1) is 29.0. The van der Waals surface area contributed by atoms with Crippen molar-refractivity contribution in [2.24, 2.45) is 0 Å². The van der Waals surface area contributed by atoms with Crippen molar-refractivity contribution in [2.45, 2.75) is 45.1 Å². The monoisotopic (exact) mass is 579 g/mol. The van der Waals surface area contributed by atoms with Crippen LogP contribution in [0.5, 0.6) is 5.75 Å². The second-order valence-corrected chi connectivity index (χ2v) is 8.57. The molecule has 17 heteroatoms. The lowest BCUT2D eigenvalue weighted by molar-refractivity contribution is -0.274. The maximum Gasteiger partial charge on any atom is 0.573 e. The molecule has 1 atom stereocenters. The number of alkyl halides is 4. The van der Waals surface area contributed by atoms with E-state index in [4.69, 9.17) is 0 Å². The fourth-order valence-electron chi connectivity index (χ4n) is 3.50. The minimum absolute atomic E-state index is 0.0265. The molecule has 1 unspecified atom stereocenters. The Kier molecular flexibility index (Phi) is 9.15. The second kappa shape index (κ2) is 12.9. The molecule has 3 heterocycles. The predicted molar refractivity (Wildman–Crippen MR) is 129 cm³/mol. The van der Waals surface area contributed by atoms with Crippen LogP contribution in [-0.2, 0) is 26.2 Å². The van der Waals surface area contributed by atoms with E-state index >= 15 is 0 Å². The molecule has 0 saturated carbocycles. The Hall–Kier alpha value is -4.96. The molecule has 0 aliphatic carbocycles. The minimum atomic E-state index is -4.84. The molecule has 4 rings (SSSR count). The van der Waals surface area contributed by atoms with Crippen molar-refractivity contribution in [1.29, 1.82) is 0 Å². The smallest absolute Gasteiger partial charge is 0.406 e. The predicted octanol–water partition coefficient (Wildman–Crippen LogP) is 2.59. The lowest BCUT2D eigenvalue weighted by atomic mass is 10.2. The first-order valence-corrected chi connectivity index (χ1v) is 12.0. The number of aromatic nitrogens is 7. The fraction of sp³-hybridized carbons (Fsp3) is 0.292. The lowest BCUT2D eigenvalue weighted by Crippen LogP contribution is -2.24. The number of halogens is 5. The van der Waals surface area contributed by atoms with E-state index < -0.39 is 35.9 Å². The van der Waals surface area contributed by atoms with Crippen LogP contribution in [0.15, 0.2) is 55.0 Å². The Morgan fingerprint density at radius 1 is 0.951 bits per heavy atom. The normalized spacial score (nSPS) is 12.1. The molecule has 2 N–H and O–H groups in total. The Labute approximate surface area is 228 Å². The van der Waals surface area contributed by atoms with Crippen LogP contribution in [-0.4, -0.2) is 59.3 Å². The van der Waals surface area contributed by atoms with Gasteiger partial charge in [-0.2, -0.15) is 0 Å². The highest BCUT2D eigenvalue weighted by Gasteiger charge is 2.31. The summed E-state index contributed by atoms with van der Waals surface area (Å²) in [5.41, 5.74) is 0.264. The maximum atomic E-state index is 14.6. The number of carbonyl (C=O) groups excluding carboxylic acids is 2. The van der Waals surface area contributed by atoms with Gasteiger partial charge in [-0.3, -0.25) is 19.3 Å². The zero-order valence-electron chi connectivity index (χ0n) is 21.1. The number of aryl methyl sites for hydroxylation is 1. The van der Waals surface area contributed by atoms with E-state index in [9.17, 15) is 31.5 Å². The lowest BCUT2D eigenvalue weighted by Gasteiger charge is -2.10. The van der Waals surface area contributed by atoms with E-state index in [0.29, 0.717) is 5.56 Å². The minimum Gasteiger partial charge on any atom is -0.406 e. The number of nitrogens with zero attached hydrogens (tertiary/aromatic N) is 7. The van der Waals surface area contributed by atoms with Gasteiger partial charge in [-0.25, -0.2) is 13.5 Å². The number of ether oxygens (including phenoxy) is 1. The SMILES string of the molecule is O=C(NCc1ncccc1F)c1cn(CCC(F)Cn2cc(C(=O)NCc3cccc(OC(F)(F)F)c3)nn2)nn1. The fourth-order valence-corrected chi connectivity index (χ4v) is 3.50. The van der Waals surface area contributed by atoms with Crippen molar-refractivity contribution in [3.8, 4) is 5.75 Å². The number of pyridine rings is 1. The first-order chi connectivity index (χ1) is 19.6. The van der Waals surface area contributed by atoms with Crippen molar-refractivity contribution in [2.75, 3.05) is 0 Å². The highest BCUT2D eigenvalue weighted by molar-refractivity contribution is 5.92. The van der Waals surface area contributed by atoms with Crippen LogP contribution in [0.1, 0.15) is 38.7 Å².